The van der Waals surface area contributed by atoms with Gasteiger partial charge in [0, 0.05) is 24.3 Å². The maximum Gasteiger partial charge on any atom is 0.267 e. The summed E-state index contributed by atoms with van der Waals surface area (Å²) in [5.74, 6) is 0.275. The second kappa shape index (κ2) is 5.30. The van der Waals surface area contributed by atoms with Gasteiger partial charge in [0.15, 0.2) is 5.82 Å². The lowest BCUT2D eigenvalue weighted by Crippen LogP contribution is -2.30. The van der Waals surface area contributed by atoms with Crippen molar-refractivity contribution in [2.75, 3.05) is 4.90 Å². The van der Waals surface area contributed by atoms with E-state index in [0.29, 0.717) is 22.9 Å². The van der Waals surface area contributed by atoms with E-state index in [0.717, 1.165) is 17.4 Å². The number of benzene rings is 1. The van der Waals surface area contributed by atoms with Gasteiger partial charge in [0.1, 0.15) is 0 Å². The first-order chi connectivity index (χ1) is 11.6. The highest BCUT2D eigenvalue weighted by molar-refractivity contribution is 6.35. The monoisotopic (exact) mass is 319 g/mol. The van der Waals surface area contributed by atoms with Gasteiger partial charge in [-0.25, -0.2) is 9.88 Å². The zero-order chi connectivity index (χ0) is 16.8. The van der Waals surface area contributed by atoms with Crippen LogP contribution in [-0.4, -0.2) is 21.4 Å². The van der Waals surface area contributed by atoms with Crippen molar-refractivity contribution in [1.29, 1.82) is 0 Å². The number of anilines is 1. The predicted molar refractivity (Wildman–Crippen MR) is 92.2 cm³/mol. The molecule has 0 radical (unpaired) electrons. The average Bonchev–Trinajstić information content (AvgIpc) is 3.08. The van der Waals surface area contributed by atoms with Crippen molar-refractivity contribution >= 4 is 28.5 Å². The maximum absolute atomic E-state index is 12.7. The molecule has 4 rings (SSSR count). The Morgan fingerprint density at radius 3 is 2.29 bits per heavy atom. The lowest BCUT2D eigenvalue weighted by atomic mass is 10.1. The molecule has 0 saturated carbocycles. The zero-order valence-corrected chi connectivity index (χ0v) is 13.6. The molecule has 1 aliphatic heterocycles. The molecule has 24 heavy (non-hydrogen) atoms. The summed E-state index contributed by atoms with van der Waals surface area (Å²) in [5, 5.41) is 0.813. The molecule has 2 amide bonds. The minimum Gasteiger partial charge on any atom is -0.347 e. The Balaban J connectivity index is 1.85. The van der Waals surface area contributed by atoms with Gasteiger partial charge in [-0.3, -0.25) is 9.59 Å². The Morgan fingerprint density at radius 1 is 1.00 bits per heavy atom. The molecule has 0 atom stereocenters. The highest BCUT2D eigenvalue weighted by Crippen LogP contribution is 2.32. The van der Waals surface area contributed by atoms with Gasteiger partial charge < -0.3 is 4.57 Å². The Labute approximate surface area is 139 Å². The molecule has 0 spiro atoms. The summed E-state index contributed by atoms with van der Waals surface area (Å²) in [5.41, 5.74) is 1.84. The Hall–Kier alpha value is -2.95. The number of hydrogen-bond donors (Lipinski definition) is 0. The van der Waals surface area contributed by atoms with Crippen molar-refractivity contribution < 1.29 is 9.59 Å². The van der Waals surface area contributed by atoms with Gasteiger partial charge in [0.2, 0.25) is 0 Å². The van der Waals surface area contributed by atoms with E-state index in [2.05, 4.69) is 23.4 Å². The second-order valence-electron chi connectivity index (χ2n) is 6.42. The summed E-state index contributed by atoms with van der Waals surface area (Å²) >= 11 is 0. The number of carbonyl (C=O) groups is 2. The summed E-state index contributed by atoms with van der Waals surface area (Å²) in [4.78, 5) is 30.9. The van der Waals surface area contributed by atoms with E-state index in [1.807, 2.05) is 18.3 Å². The van der Waals surface area contributed by atoms with Crippen LogP contribution in [0.3, 0.4) is 0 Å². The number of imide groups is 1. The molecular formula is C19H17N3O2. The van der Waals surface area contributed by atoms with Crippen LogP contribution in [0.2, 0.25) is 0 Å². The molecule has 0 bridgehead atoms. The summed E-state index contributed by atoms with van der Waals surface area (Å²) in [6.45, 7) is 5.17. The normalized spacial score (nSPS) is 14.0. The van der Waals surface area contributed by atoms with E-state index in [9.17, 15) is 9.59 Å². The van der Waals surface area contributed by atoms with Gasteiger partial charge in [-0.05, 0) is 30.2 Å². The number of pyridine rings is 1. The fourth-order valence-corrected chi connectivity index (χ4v) is 3.22. The number of aromatic nitrogens is 2. The highest BCUT2D eigenvalue weighted by atomic mass is 16.2. The number of carbonyl (C=O) groups excluding carboxylic acids is 2. The first-order valence-corrected chi connectivity index (χ1v) is 7.99. The fourth-order valence-electron chi connectivity index (χ4n) is 3.22. The second-order valence-corrected chi connectivity index (χ2v) is 6.42. The highest BCUT2D eigenvalue weighted by Gasteiger charge is 2.38. The molecule has 2 aromatic heterocycles. The number of rotatable bonds is 3. The van der Waals surface area contributed by atoms with Gasteiger partial charge in [0.25, 0.3) is 11.8 Å². The van der Waals surface area contributed by atoms with Gasteiger partial charge >= 0.3 is 0 Å². The summed E-state index contributed by atoms with van der Waals surface area (Å²) in [7, 11) is 0. The van der Waals surface area contributed by atoms with Crippen LogP contribution in [0.4, 0.5) is 5.82 Å². The Bertz CT molecular complexity index is 937. The molecule has 120 valence electrons. The lowest BCUT2D eigenvalue weighted by Gasteiger charge is -2.14. The molecule has 0 N–H and O–H groups in total. The van der Waals surface area contributed by atoms with Crippen LogP contribution in [0, 0.1) is 5.92 Å². The molecule has 3 heterocycles. The summed E-state index contributed by atoms with van der Waals surface area (Å²) in [6.07, 6.45) is 3.63. The van der Waals surface area contributed by atoms with Crippen LogP contribution < -0.4 is 4.90 Å². The molecule has 0 saturated heterocycles. The molecule has 1 aliphatic rings. The predicted octanol–water partition coefficient (Wildman–Crippen LogP) is 3.49. The first-order valence-electron chi connectivity index (χ1n) is 7.99. The number of nitrogens with zero attached hydrogens (tertiary/aromatic N) is 3. The van der Waals surface area contributed by atoms with Gasteiger partial charge in [-0.15, -0.1) is 0 Å². The smallest absolute Gasteiger partial charge is 0.267 e. The van der Waals surface area contributed by atoms with E-state index >= 15 is 0 Å². The van der Waals surface area contributed by atoms with Crippen LogP contribution in [-0.2, 0) is 6.54 Å². The molecule has 5 nitrogen and oxygen atoms in total. The minimum atomic E-state index is -0.313. The van der Waals surface area contributed by atoms with Crippen molar-refractivity contribution in [3.8, 4) is 0 Å². The van der Waals surface area contributed by atoms with Crippen LogP contribution >= 0.6 is 0 Å². The van der Waals surface area contributed by atoms with Crippen LogP contribution in [0.1, 0.15) is 34.6 Å². The van der Waals surface area contributed by atoms with Crippen molar-refractivity contribution in [2.24, 2.45) is 5.92 Å². The largest absolute Gasteiger partial charge is 0.347 e. The zero-order valence-electron chi connectivity index (χ0n) is 13.6. The third kappa shape index (κ3) is 2.05. The number of fused-ring (bicyclic) bond motifs is 2. The van der Waals surface area contributed by atoms with Crippen LogP contribution in [0.5, 0.6) is 0 Å². The first kappa shape index (κ1) is 14.6. The molecule has 0 fully saturated rings. The van der Waals surface area contributed by atoms with Crippen molar-refractivity contribution in [3.63, 3.8) is 0 Å². The van der Waals surface area contributed by atoms with E-state index < -0.39 is 0 Å². The van der Waals surface area contributed by atoms with Crippen LogP contribution in [0.15, 0.2) is 48.8 Å². The van der Waals surface area contributed by atoms with Crippen molar-refractivity contribution in [1.82, 2.24) is 9.55 Å². The van der Waals surface area contributed by atoms with Gasteiger partial charge in [-0.2, -0.15) is 0 Å². The van der Waals surface area contributed by atoms with Crippen molar-refractivity contribution in [2.45, 2.75) is 20.4 Å². The quantitative estimate of drug-likeness (QED) is 0.694. The third-order valence-electron chi connectivity index (χ3n) is 4.24. The third-order valence-corrected chi connectivity index (χ3v) is 4.24. The molecule has 1 aromatic carbocycles. The van der Waals surface area contributed by atoms with E-state index in [4.69, 9.17) is 0 Å². The summed E-state index contributed by atoms with van der Waals surface area (Å²) in [6, 6.07) is 10.7. The number of hydrogen-bond acceptors (Lipinski definition) is 3. The fraction of sp³-hybridized carbons (Fsp3) is 0.211. The van der Waals surface area contributed by atoms with Crippen molar-refractivity contribution in [3.05, 3.63) is 59.9 Å². The molecule has 0 aliphatic carbocycles. The molecule has 5 heteroatoms. The van der Waals surface area contributed by atoms with E-state index in [-0.39, 0.29) is 11.8 Å². The Kier molecular flexibility index (Phi) is 3.23. The molecule has 3 aromatic rings. The molecular weight excluding hydrogens is 302 g/mol. The van der Waals surface area contributed by atoms with E-state index in [1.165, 1.54) is 4.90 Å². The Morgan fingerprint density at radius 2 is 1.67 bits per heavy atom. The maximum atomic E-state index is 12.7. The standard InChI is InChI=1S/C19H17N3O2/c1-12(2)11-21-10-8-15-16(21)7-9-20-17(15)22-18(23)13-5-3-4-6-14(13)19(22)24/h3-10,12H,11H2,1-2H3. The summed E-state index contributed by atoms with van der Waals surface area (Å²) < 4.78 is 2.13. The average molecular weight is 319 g/mol. The lowest BCUT2D eigenvalue weighted by molar-refractivity contribution is 0.0925. The SMILES string of the molecule is CC(C)Cn1ccc2c(N3C(=O)c4ccccc4C3=O)nccc21. The van der Waals surface area contributed by atoms with Gasteiger partial charge in [-0.1, -0.05) is 26.0 Å². The van der Waals surface area contributed by atoms with Gasteiger partial charge in [0.05, 0.1) is 16.6 Å². The minimum absolute atomic E-state index is 0.313. The van der Waals surface area contributed by atoms with Crippen LogP contribution in [0.25, 0.3) is 10.9 Å². The van der Waals surface area contributed by atoms with E-state index in [1.54, 1.807) is 30.5 Å². The number of amides is 2. The molecule has 0 unspecified atom stereocenters. The topological polar surface area (TPSA) is 55.2 Å².